The number of benzene rings is 2. The number of hydrogen-bond acceptors (Lipinski definition) is 4. The minimum atomic E-state index is -0.854. The van der Waals surface area contributed by atoms with Crippen LogP contribution in [0.2, 0.25) is 0 Å². The molecule has 0 radical (unpaired) electrons. The number of rotatable bonds is 4. The molecule has 6 heteroatoms. The molecule has 19 heavy (non-hydrogen) atoms. The highest BCUT2D eigenvalue weighted by Crippen LogP contribution is 2.27. The minimum absolute atomic E-state index is 0.154. The van der Waals surface area contributed by atoms with Crippen molar-refractivity contribution >= 4 is 17.1 Å². The maximum atomic E-state index is 13.4. The minimum Gasteiger partial charge on any atom is -0.399 e. The Labute approximate surface area is 109 Å². The summed E-state index contributed by atoms with van der Waals surface area (Å²) in [5.74, 6) is -0.854. The van der Waals surface area contributed by atoms with Crippen LogP contribution in [0.5, 0.6) is 0 Å². The molecule has 2 rings (SSSR count). The molecule has 0 bridgehead atoms. The zero-order valence-corrected chi connectivity index (χ0v) is 9.97. The molecule has 0 saturated carbocycles. The van der Waals surface area contributed by atoms with E-state index in [1.165, 1.54) is 12.1 Å². The van der Waals surface area contributed by atoms with Gasteiger partial charge in [0.25, 0.3) is 0 Å². The molecule has 3 N–H and O–H groups in total. The molecule has 98 valence electrons. The Morgan fingerprint density at radius 2 is 1.89 bits per heavy atom. The van der Waals surface area contributed by atoms with Crippen molar-refractivity contribution in [1.29, 1.82) is 0 Å². The molecule has 0 fully saturated rings. The molecule has 0 aliphatic heterocycles. The molecule has 5 nitrogen and oxygen atoms in total. The number of nitrogen functional groups attached to an aromatic ring is 1. The van der Waals surface area contributed by atoms with Gasteiger partial charge < -0.3 is 11.1 Å². The van der Waals surface area contributed by atoms with Gasteiger partial charge in [-0.2, -0.15) is 4.39 Å². The average Bonchev–Trinajstić information content (AvgIpc) is 2.37. The molecule has 0 aliphatic carbocycles. The quantitative estimate of drug-likeness (QED) is 0.503. The summed E-state index contributed by atoms with van der Waals surface area (Å²) >= 11 is 0. The molecule has 0 aromatic heterocycles. The average molecular weight is 261 g/mol. The van der Waals surface area contributed by atoms with Crippen molar-refractivity contribution in [3.05, 3.63) is 64.0 Å². The fraction of sp³-hybridized carbons (Fsp3) is 0.0769. The lowest BCUT2D eigenvalue weighted by atomic mass is 10.2. The van der Waals surface area contributed by atoms with E-state index in [0.29, 0.717) is 12.2 Å². The number of nitro groups is 1. The van der Waals surface area contributed by atoms with Crippen molar-refractivity contribution in [2.45, 2.75) is 6.54 Å². The lowest BCUT2D eigenvalue weighted by molar-refractivity contribution is -0.386. The van der Waals surface area contributed by atoms with E-state index in [9.17, 15) is 14.5 Å². The van der Waals surface area contributed by atoms with Crippen molar-refractivity contribution in [3.63, 3.8) is 0 Å². The first-order chi connectivity index (χ1) is 9.08. The van der Waals surface area contributed by atoms with Gasteiger partial charge in [0.05, 0.1) is 4.92 Å². The highest BCUT2D eigenvalue weighted by Gasteiger charge is 2.19. The Bertz CT molecular complexity index is 599. The molecular weight excluding hydrogens is 249 g/mol. The number of anilines is 2. The second-order valence-corrected chi connectivity index (χ2v) is 3.99. The summed E-state index contributed by atoms with van der Waals surface area (Å²) in [5, 5.41) is 13.7. The smallest absolute Gasteiger partial charge is 0.327 e. The van der Waals surface area contributed by atoms with Crippen LogP contribution in [0.4, 0.5) is 21.5 Å². The molecule has 0 amide bonds. The Kier molecular flexibility index (Phi) is 3.61. The number of nitro benzene ring substituents is 1. The third-order valence-corrected chi connectivity index (χ3v) is 2.63. The van der Waals surface area contributed by atoms with Crippen molar-refractivity contribution in [3.8, 4) is 0 Å². The van der Waals surface area contributed by atoms with Gasteiger partial charge in [-0.1, -0.05) is 18.2 Å². The van der Waals surface area contributed by atoms with Gasteiger partial charge in [0.15, 0.2) is 0 Å². The number of halogens is 1. The van der Waals surface area contributed by atoms with E-state index in [0.717, 1.165) is 11.6 Å². The van der Waals surface area contributed by atoms with Crippen molar-refractivity contribution < 1.29 is 9.31 Å². The van der Waals surface area contributed by atoms with E-state index in [2.05, 4.69) is 5.32 Å². The maximum absolute atomic E-state index is 13.4. The molecule has 2 aromatic carbocycles. The number of nitrogens with zero attached hydrogens (tertiary/aromatic N) is 1. The van der Waals surface area contributed by atoms with E-state index < -0.39 is 16.4 Å². The third kappa shape index (κ3) is 2.98. The standard InChI is InChI=1S/C13H12FN3O2/c14-11-2-1-3-12(13(11)17(18)19)16-8-9-4-6-10(15)7-5-9/h1-7,16H,8,15H2. The second kappa shape index (κ2) is 5.34. The fourth-order valence-electron chi connectivity index (χ4n) is 1.68. The highest BCUT2D eigenvalue weighted by molar-refractivity contribution is 5.62. The largest absolute Gasteiger partial charge is 0.399 e. The first-order valence-electron chi connectivity index (χ1n) is 5.59. The number of nitrogens with one attached hydrogen (secondary N) is 1. The molecule has 0 spiro atoms. The summed E-state index contributed by atoms with van der Waals surface area (Å²) in [6.07, 6.45) is 0. The van der Waals surface area contributed by atoms with Crippen molar-refractivity contribution in [1.82, 2.24) is 0 Å². The number of para-hydroxylation sites is 1. The summed E-state index contributed by atoms with van der Waals surface area (Å²) in [7, 11) is 0. The van der Waals surface area contributed by atoms with E-state index in [-0.39, 0.29) is 5.69 Å². The van der Waals surface area contributed by atoms with Gasteiger partial charge in [0, 0.05) is 12.2 Å². The Balaban J connectivity index is 2.18. The first-order valence-corrected chi connectivity index (χ1v) is 5.59. The van der Waals surface area contributed by atoms with Gasteiger partial charge in [0.2, 0.25) is 5.82 Å². The summed E-state index contributed by atoms with van der Waals surface area (Å²) in [5.41, 5.74) is 6.70. The third-order valence-electron chi connectivity index (χ3n) is 2.63. The zero-order chi connectivity index (χ0) is 13.8. The number of nitrogens with two attached hydrogens (primary N) is 1. The van der Waals surface area contributed by atoms with Crippen LogP contribution < -0.4 is 11.1 Å². The Morgan fingerprint density at radius 3 is 2.53 bits per heavy atom. The van der Waals surface area contributed by atoms with E-state index >= 15 is 0 Å². The predicted molar refractivity (Wildman–Crippen MR) is 71.2 cm³/mol. The Morgan fingerprint density at radius 1 is 1.21 bits per heavy atom. The van der Waals surface area contributed by atoms with Gasteiger partial charge in [-0.25, -0.2) is 0 Å². The topological polar surface area (TPSA) is 81.2 Å². The first kappa shape index (κ1) is 12.8. The van der Waals surface area contributed by atoms with Gasteiger partial charge in [-0.05, 0) is 29.8 Å². The Hall–Kier alpha value is -2.63. The molecule has 0 saturated heterocycles. The van der Waals surface area contributed by atoms with Crippen LogP contribution in [-0.2, 0) is 6.54 Å². The van der Waals surface area contributed by atoms with Gasteiger partial charge in [0.1, 0.15) is 5.69 Å². The van der Waals surface area contributed by atoms with E-state index in [1.54, 1.807) is 24.3 Å². The van der Waals surface area contributed by atoms with Crippen molar-refractivity contribution in [2.24, 2.45) is 0 Å². The van der Waals surface area contributed by atoms with Crippen molar-refractivity contribution in [2.75, 3.05) is 11.1 Å². The molecule has 0 unspecified atom stereocenters. The monoisotopic (exact) mass is 261 g/mol. The fourth-order valence-corrected chi connectivity index (χ4v) is 1.68. The van der Waals surface area contributed by atoms with Crippen LogP contribution in [0.25, 0.3) is 0 Å². The van der Waals surface area contributed by atoms with Crippen LogP contribution in [0.3, 0.4) is 0 Å². The van der Waals surface area contributed by atoms with Crippen LogP contribution in [0, 0.1) is 15.9 Å². The van der Waals surface area contributed by atoms with Gasteiger partial charge >= 0.3 is 5.69 Å². The predicted octanol–water partition coefficient (Wildman–Crippen LogP) is 2.93. The lowest BCUT2D eigenvalue weighted by Gasteiger charge is -2.07. The SMILES string of the molecule is Nc1ccc(CNc2cccc(F)c2[N+](=O)[O-])cc1. The van der Waals surface area contributed by atoms with E-state index in [1.807, 2.05) is 0 Å². The summed E-state index contributed by atoms with van der Waals surface area (Å²) in [6, 6.07) is 11.0. The van der Waals surface area contributed by atoms with Crippen LogP contribution in [0.1, 0.15) is 5.56 Å². The normalized spacial score (nSPS) is 10.2. The van der Waals surface area contributed by atoms with Crippen LogP contribution in [-0.4, -0.2) is 4.92 Å². The zero-order valence-electron chi connectivity index (χ0n) is 9.97. The molecule has 2 aromatic rings. The molecular formula is C13H12FN3O2. The number of hydrogen-bond donors (Lipinski definition) is 2. The van der Waals surface area contributed by atoms with Crippen LogP contribution >= 0.6 is 0 Å². The van der Waals surface area contributed by atoms with Gasteiger partial charge in [-0.15, -0.1) is 0 Å². The summed E-state index contributed by atoms with van der Waals surface area (Å²) < 4.78 is 13.4. The highest BCUT2D eigenvalue weighted by atomic mass is 19.1. The second-order valence-electron chi connectivity index (χ2n) is 3.99. The maximum Gasteiger partial charge on any atom is 0.327 e. The van der Waals surface area contributed by atoms with Crippen LogP contribution in [0.15, 0.2) is 42.5 Å². The summed E-state index contributed by atoms with van der Waals surface area (Å²) in [4.78, 5) is 10.1. The van der Waals surface area contributed by atoms with Gasteiger partial charge in [-0.3, -0.25) is 10.1 Å². The molecule has 0 heterocycles. The summed E-state index contributed by atoms with van der Waals surface area (Å²) in [6.45, 7) is 0.352. The molecule has 0 aliphatic rings. The lowest BCUT2D eigenvalue weighted by Crippen LogP contribution is -2.04. The molecule has 0 atom stereocenters. The van der Waals surface area contributed by atoms with E-state index in [4.69, 9.17) is 5.73 Å².